The summed E-state index contributed by atoms with van der Waals surface area (Å²) < 4.78 is 11.2. The van der Waals surface area contributed by atoms with Crippen LogP contribution in [0.3, 0.4) is 0 Å². The first-order valence-corrected chi connectivity index (χ1v) is 24.5. The molecule has 1 rings (SSSR count). The molecule has 7 unspecified atom stereocenters. The lowest BCUT2D eigenvalue weighted by atomic mass is 9.99. The van der Waals surface area contributed by atoms with Crippen molar-refractivity contribution in [1.82, 2.24) is 5.32 Å². The molecule has 0 spiro atoms. The van der Waals surface area contributed by atoms with Gasteiger partial charge in [0.1, 0.15) is 24.4 Å². The summed E-state index contributed by atoms with van der Waals surface area (Å²) in [5.41, 5.74) is 0. The van der Waals surface area contributed by atoms with Crippen molar-refractivity contribution in [3.63, 3.8) is 0 Å². The molecule has 0 aromatic heterocycles. The Morgan fingerprint density at radius 1 is 0.586 bits per heavy atom. The lowest BCUT2D eigenvalue weighted by molar-refractivity contribution is -0.302. The predicted octanol–water partition coefficient (Wildman–Crippen LogP) is 10.7. The van der Waals surface area contributed by atoms with Crippen molar-refractivity contribution in [3.05, 3.63) is 24.3 Å². The van der Waals surface area contributed by atoms with Crippen LogP contribution in [0.1, 0.15) is 226 Å². The van der Waals surface area contributed by atoms with Crippen molar-refractivity contribution in [2.24, 2.45) is 0 Å². The fourth-order valence-corrected chi connectivity index (χ4v) is 7.84. The standard InChI is InChI=1S/C49H93NO8/c1-3-5-7-9-11-13-15-16-17-18-19-20-21-22-23-24-25-26-27-28-29-31-33-35-37-39-45(53)50-42(41-57-49-48(56)47(55)46(54)44(40-51)58-49)43(52)38-36-34-32-30-14-12-10-8-6-4-2/h15-16,18-19,42-44,46-49,51-52,54-56H,3-14,17,20-41H2,1-2H3,(H,50,53)/b16-15-,19-18-. The van der Waals surface area contributed by atoms with Gasteiger partial charge in [-0.2, -0.15) is 0 Å². The van der Waals surface area contributed by atoms with Gasteiger partial charge in [-0.25, -0.2) is 0 Å². The zero-order chi connectivity index (χ0) is 42.3. The monoisotopic (exact) mass is 824 g/mol. The highest BCUT2D eigenvalue weighted by Crippen LogP contribution is 2.23. The molecule has 0 aromatic rings. The average molecular weight is 824 g/mol. The van der Waals surface area contributed by atoms with Crippen LogP contribution in [-0.2, 0) is 14.3 Å². The molecule has 9 heteroatoms. The van der Waals surface area contributed by atoms with E-state index in [0.29, 0.717) is 12.8 Å². The number of hydrogen-bond acceptors (Lipinski definition) is 8. The van der Waals surface area contributed by atoms with Crippen molar-refractivity contribution in [2.75, 3.05) is 13.2 Å². The van der Waals surface area contributed by atoms with Gasteiger partial charge in [0, 0.05) is 6.42 Å². The third-order valence-electron chi connectivity index (χ3n) is 11.8. The lowest BCUT2D eigenvalue weighted by Gasteiger charge is -2.40. The second-order valence-electron chi connectivity index (χ2n) is 17.3. The fraction of sp³-hybridized carbons (Fsp3) is 0.898. The van der Waals surface area contributed by atoms with E-state index in [0.717, 1.165) is 44.9 Å². The van der Waals surface area contributed by atoms with Gasteiger partial charge in [-0.15, -0.1) is 0 Å². The minimum Gasteiger partial charge on any atom is -0.394 e. The van der Waals surface area contributed by atoms with Gasteiger partial charge in [-0.3, -0.25) is 4.79 Å². The number of aliphatic hydroxyl groups is 5. The zero-order valence-corrected chi connectivity index (χ0v) is 37.6. The van der Waals surface area contributed by atoms with Crippen LogP contribution in [0.5, 0.6) is 0 Å². The first-order chi connectivity index (χ1) is 28.3. The summed E-state index contributed by atoms with van der Waals surface area (Å²) in [6.07, 6.45) is 40.6. The number of allylic oxidation sites excluding steroid dienone is 4. The summed E-state index contributed by atoms with van der Waals surface area (Å²) in [6, 6.07) is -0.715. The molecule has 58 heavy (non-hydrogen) atoms. The molecule has 1 aliphatic rings. The first-order valence-electron chi connectivity index (χ1n) is 24.5. The Labute approximate surface area is 356 Å². The van der Waals surface area contributed by atoms with E-state index >= 15 is 0 Å². The Morgan fingerprint density at radius 2 is 1.02 bits per heavy atom. The van der Waals surface area contributed by atoms with E-state index < -0.39 is 49.5 Å². The average Bonchev–Trinajstić information content (AvgIpc) is 3.22. The maximum absolute atomic E-state index is 13.0. The molecule has 6 N–H and O–H groups in total. The fourth-order valence-electron chi connectivity index (χ4n) is 7.84. The molecule has 0 radical (unpaired) electrons. The van der Waals surface area contributed by atoms with Gasteiger partial charge in [0.05, 0.1) is 25.4 Å². The summed E-state index contributed by atoms with van der Waals surface area (Å²) in [5, 5.41) is 54.3. The topological polar surface area (TPSA) is 149 Å². The quantitative estimate of drug-likeness (QED) is 0.0264. The number of aliphatic hydroxyl groups excluding tert-OH is 5. The number of ether oxygens (including phenoxy) is 2. The maximum atomic E-state index is 13.0. The Bertz CT molecular complexity index is 961. The van der Waals surface area contributed by atoms with E-state index in [-0.39, 0.29) is 12.5 Å². The summed E-state index contributed by atoms with van der Waals surface area (Å²) in [5.74, 6) is -0.146. The van der Waals surface area contributed by atoms with Gasteiger partial charge in [0.2, 0.25) is 5.91 Å². The van der Waals surface area contributed by atoms with Crippen LogP contribution in [0.15, 0.2) is 24.3 Å². The highest BCUT2D eigenvalue weighted by Gasteiger charge is 2.44. The van der Waals surface area contributed by atoms with E-state index in [1.165, 1.54) is 154 Å². The molecule has 1 amide bonds. The molecule has 0 bridgehead atoms. The summed E-state index contributed by atoms with van der Waals surface area (Å²) in [7, 11) is 0. The van der Waals surface area contributed by atoms with Crippen molar-refractivity contribution >= 4 is 5.91 Å². The minimum absolute atomic E-state index is 0.136. The third kappa shape index (κ3) is 29.8. The van der Waals surface area contributed by atoms with Gasteiger partial charge < -0.3 is 40.3 Å². The molecule has 0 aromatic carbocycles. The number of carbonyl (C=O) groups excluding carboxylic acids is 1. The molecule has 7 atom stereocenters. The number of hydrogen-bond donors (Lipinski definition) is 6. The highest BCUT2D eigenvalue weighted by molar-refractivity contribution is 5.76. The summed E-state index contributed by atoms with van der Waals surface area (Å²) in [6.45, 7) is 3.81. The normalized spacial score (nSPS) is 21.0. The van der Waals surface area contributed by atoms with E-state index in [9.17, 15) is 30.3 Å². The minimum atomic E-state index is -1.55. The number of nitrogens with one attached hydrogen (secondary N) is 1. The van der Waals surface area contributed by atoms with Crippen molar-refractivity contribution in [1.29, 1.82) is 0 Å². The van der Waals surface area contributed by atoms with Gasteiger partial charge >= 0.3 is 0 Å². The van der Waals surface area contributed by atoms with Crippen LogP contribution in [-0.4, -0.2) is 87.5 Å². The summed E-state index contributed by atoms with van der Waals surface area (Å²) >= 11 is 0. The Hall–Kier alpha value is -1.33. The maximum Gasteiger partial charge on any atom is 0.220 e. The van der Waals surface area contributed by atoms with Crippen molar-refractivity contribution in [2.45, 2.75) is 269 Å². The molecule has 1 saturated heterocycles. The molecular weight excluding hydrogens is 731 g/mol. The first kappa shape index (κ1) is 54.7. The molecule has 342 valence electrons. The molecule has 0 aliphatic carbocycles. The smallest absolute Gasteiger partial charge is 0.220 e. The molecule has 9 nitrogen and oxygen atoms in total. The Kier molecular flexibility index (Phi) is 37.5. The van der Waals surface area contributed by atoms with Gasteiger partial charge in [-0.1, -0.05) is 199 Å². The Morgan fingerprint density at radius 3 is 1.48 bits per heavy atom. The van der Waals surface area contributed by atoms with Gasteiger partial charge in [0.25, 0.3) is 0 Å². The number of rotatable bonds is 41. The van der Waals surface area contributed by atoms with Crippen LogP contribution >= 0.6 is 0 Å². The van der Waals surface area contributed by atoms with Crippen LogP contribution in [0.25, 0.3) is 0 Å². The summed E-state index contributed by atoms with van der Waals surface area (Å²) in [4.78, 5) is 13.0. The van der Waals surface area contributed by atoms with Gasteiger partial charge in [-0.05, 0) is 44.9 Å². The molecule has 1 heterocycles. The Balaban J connectivity index is 2.19. The largest absolute Gasteiger partial charge is 0.394 e. The van der Waals surface area contributed by atoms with E-state index in [1.54, 1.807) is 0 Å². The highest BCUT2D eigenvalue weighted by atomic mass is 16.7. The molecular formula is C49H93NO8. The molecule has 1 aliphatic heterocycles. The van der Waals surface area contributed by atoms with E-state index in [4.69, 9.17) is 9.47 Å². The van der Waals surface area contributed by atoms with E-state index in [2.05, 4.69) is 43.5 Å². The van der Waals surface area contributed by atoms with Crippen LogP contribution < -0.4 is 5.32 Å². The van der Waals surface area contributed by atoms with Crippen molar-refractivity contribution < 1.29 is 39.8 Å². The second kappa shape index (κ2) is 39.8. The second-order valence-corrected chi connectivity index (χ2v) is 17.3. The number of carbonyl (C=O) groups is 1. The third-order valence-corrected chi connectivity index (χ3v) is 11.8. The van der Waals surface area contributed by atoms with Gasteiger partial charge in [0.15, 0.2) is 6.29 Å². The number of amides is 1. The molecule has 0 saturated carbocycles. The number of unbranched alkanes of at least 4 members (excludes halogenated alkanes) is 27. The zero-order valence-electron chi connectivity index (χ0n) is 37.6. The van der Waals surface area contributed by atoms with Crippen LogP contribution in [0, 0.1) is 0 Å². The molecule has 1 fully saturated rings. The lowest BCUT2D eigenvalue weighted by Crippen LogP contribution is -2.60. The van der Waals surface area contributed by atoms with Crippen molar-refractivity contribution in [3.8, 4) is 0 Å². The predicted molar refractivity (Wildman–Crippen MR) is 240 cm³/mol. The van der Waals surface area contributed by atoms with E-state index in [1.807, 2.05) is 0 Å². The van der Waals surface area contributed by atoms with Crippen LogP contribution in [0.2, 0.25) is 0 Å². The van der Waals surface area contributed by atoms with Crippen LogP contribution in [0.4, 0.5) is 0 Å². The SMILES string of the molecule is CCCCCCC/C=C\C/C=C\CCCCCCCCCCCCCCCC(=O)NC(COC1OC(CO)C(O)C(O)C1O)C(O)CCCCCCCCCCCC.